The van der Waals surface area contributed by atoms with E-state index in [1.54, 1.807) is 48.5 Å². The number of para-hydroxylation sites is 2. The highest BCUT2D eigenvalue weighted by atomic mass is 32.2. The number of anilines is 2. The lowest BCUT2D eigenvalue weighted by molar-refractivity contribution is -0.121. The SMILES string of the molecule is COc1ccccc1NC(=O)CC1=NC(=O)[C@H](CC(=O)Nc2ccc(C(C)=O)cc2)S1. The van der Waals surface area contributed by atoms with Crippen LogP contribution in [0.5, 0.6) is 5.75 Å². The van der Waals surface area contributed by atoms with E-state index in [1.165, 1.54) is 14.0 Å². The van der Waals surface area contributed by atoms with Crippen molar-refractivity contribution in [2.75, 3.05) is 17.7 Å². The number of aliphatic imine (C=N–C) groups is 1. The van der Waals surface area contributed by atoms with Gasteiger partial charge in [-0.15, -0.1) is 0 Å². The molecule has 0 fully saturated rings. The Bertz CT molecular complexity index is 1050. The molecule has 0 radical (unpaired) electrons. The Morgan fingerprint density at radius 3 is 2.42 bits per heavy atom. The van der Waals surface area contributed by atoms with Crippen molar-refractivity contribution in [3.8, 4) is 5.75 Å². The molecule has 3 rings (SSSR count). The Hall–Kier alpha value is -3.46. The molecule has 2 aromatic rings. The zero-order valence-electron chi connectivity index (χ0n) is 17.0. The molecular weight excluding hydrogens is 418 g/mol. The maximum Gasteiger partial charge on any atom is 0.260 e. The second kappa shape index (κ2) is 10.0. The molecule has 0 saturated heterocycles. The van der Waals surface area contributed by atoms with Crippen molar-refractivity contribution in [2.24, 2.45) is 4.99 Å². The van der Waals surface area contributed by atoms with Crippen LogP contribution in [0.1, 0.15) is 30.1 Å². The first kappa shape index (κ1) is 22.2. The van der Waals surface area contributed by atoms with Gasteiger partial charge in [0.15, 0.2) is 5.78 Å². The summed E-state index contributed by atoms with van der Waals surface area (Å²) in [7, 11) is 1.51. The first-order valence-electron chi connectivity index (χ1n) is 9.47. The average molecular weight is 439 g/mol. The summed E-state index contributed by atoms with van der Waals surface area (Å²) in [5.74, 6) is -0.660. The smallest absolute Gasteiger partial charge is 0.260 e. The summed E-state index contributed by atoms with van der Waals surface area (Å²) < 4.78 is 5.20. The normalized spacial score (nSPS) is 15.2. The predicted octanol–water partition coefficient (Wildman–Crippen LogP) is 3.30. The molecular formula is C22H21N3O5S. The van der Waals surface area contributed by atoms with Gasteiger partial charge in [0.05, 0.1) is 24.3 Å². The third-order valence-electron chi connectivity index (χ3n) is 4.43. The molecule has 3 amide bonds. The molecule has 0 spiro atoms. The number of benzene rings is 2. The summed E-state index contributed by atoms with van der Waals surface area (Å²) in [6.07, 6.45) is -0.141. The highest BCUT2D eigenvalue weighted by Crippen LogP contribution is 2.28. The summed E-state index contributed by atoms with van der Waals surface area (Å²) in [5.41, 5.74) is 1.60. The molecule has 160 valence electrons. The van der Waals surface area contributed by atoms with Crippen LogP contribution >= 0.6 is 11.8 Å². The van der Waals surface area contributed by atoms with Gasteiger partial charge in [0.2, 0.25) is 11.8 Å². The van der Waals surface area contributed by atoms with Gasteiger partial charge < -0.3 is 15.4 Å². The maximum absolute atomic E-state index is 12.3. The molecule has 9 heteroatoms. The van der Waals surface area contributed by atoms with Crippen molar-refractivity contribution >= 4 is 51.7 Å². The molecule has 1 heterocycles. The number of hydrogen-bond donors (Lipinski definition) is 2. The van der Waals surface area contributed by atoms with Crippen molar-refractivity contribution in [2.45, 2.75) is 25.0 Å². The Balaban J connectivity index is 1.51. The Morgan fingerprint density at radius 1 is 1.03 bits per heavy atom. The second-order valence-electron chi connectivity index (χ2n) is 6.76. The van der Waals surface area contributed by atoms with Gasteiger partial charge in [-0.05, 0) is 43.3 Å². The number of ether oxygens (including phenoxy) is 1. The van der Waals surface area contributed by atoms with Crippen LogP contribution < -0.4 is 15.4 Å². The van der Waals surface area contributed by atoms with Gasteiger partial charge in [-0.2, -0.15) is 0 Å². The van der Waals surface area contributed by atoms with E-state index in [-0.39, 0.29) is 30.4 Å². The fourth-order valence-corrected chi connectivity index (χ4v) is 3.97. The van der Waals surface area contributed by atoms with E-state index in [9.17, 15) is 19.2 Å². The van der Waals surface area contributed by atoms with E-state index in [0.29, 0.717) is 27.7 Å². The van der Waals surface area contributed by atoms with Gasteiger partial charge in [0.1, 0.15) is 11.0 Å². The van der Waals surface area contributed by atoms with E-state index in [0.717, 1.165) is 11.8 Å². The largest absolute Gasteiger partial charge is 0.495 e. The lowest BCUT2D eigenvalue weighted by Crippen LogP contribution is -2.21. The van der Waals surface area contributed by atoms with Gasteiger partial charge in [0.25, 0.3) is 5.91 Å². The van der Waals surface area contributed by atoms with Gasteiger partial charge >= 0.3 is 0 Å². The van der Waals surface area contributed by atoms with Crippen molar-refractivity contribution in [3.05, 3.63) is 54.1 Å². The number of carbonyl (C=O) groups excluding carboxylic acids is 4. The van der Waals surface area contributed by atoms with Crippen LogP contribution in [0.25, 0.3) is 0 Å². The average Bonchev–Trinajstić information content (AvgIpc) is 3.06. The molecule has 2 N–H and O–H groups in total. The van der Waals surface area contributed by atoms with Gasteiger partial charge in [0, 0.05) is 17.7 Å². The van der Waals surface area contributed by atoms with Gasteiger partial charge in [-0.25, -0.2) is 4.99 Å². The van der Waals surface area contributed by atoms with Crippen LogP contribution in [0, 0.1) is 0 Å². The highest BCUT2D eigenvalue weighted by molar-refractivity contribution is 8.15. The van der Waals surface area contributed by atoms with E-state index in [1.807, 2.05) is 0 Å². The minimum Gasteiger partial charge on any atom is -0.495 e. The molecule has 1 aliphatic heterocycles. The van der Waals surface area contributed by atoms with Crippen molar-refractivity contribution in [3.63, 3.8) is 0 Å². The minimum atomic E-state index is -0.675. The number of amides is 3. The van der Waals surface area contributed by atoms with Crippen LogP contribution in [-0.2, 0) is 14.4 Å². The maximum atomic E-state index is 12.3. The summed E-state index contributed by atoms with van der Waals surface area (Å²) in [5, 5.41) is 5.11. The topological polar surface area (TPSA) is 114 Å². The Kier molecular flexibility index (Phi) is 7.19. The molecule has 0 bridgehead atoms. The fourth-order valence-electron chi connectivity index (χ4n) is 2.89. The Labute approximate surface area is 183 Å². The van der Waals surface area contributed by atoms with Gasteiger partial charge in [-0.1, -0.05) is 23.9 Å². The third kappa shape index (κ3) is 6.02. The lowest BCUT2D eigenvalue weighted by Gasteiger charge is -2.10. The summed E-state index contributed by atoms with van der Waals surface area (Å²) in [4.78, 5) is 52.0. The zero-order chi connectivity index (χ0) is 22.4. The number of carbonyl (C=O) groups is 4. The molecule has 0 unspecified atom stereocenters. The number of methoxy groups -OCH3 is 1. The zero-order valence-corrected chi connectivity index (χ0v) is 17.8. The predicted molar refractivity (Wildman–Crippen MR) is 120 cm³/mol. The van der Waals surface area contributed by atoms with Crippen LogP contribution in [0.15, 0.2) is 53.5 Å². The van der Waals surface area contributed by atoms with Crippen LogP contribution in [0.2, 0.25) is 0 Å². The number of nitrogens with one attached hydrogen (secondary N) is 2. The standard InChI is InChI=1S/C22H21N3O5S/c1-13(26)14-7-9-15(10-8-14)23-19(27)11-18-22(29)25-21(31-18)12-20(28)24-16-5-3-4-6-17(16)30-2/h3-10,18H,11-12H2,1-2H3,(H,23,27)(H,24,28)/t18-/m0/s1. The number of Topliss-reactive ketones (excluding diaryl/α,β-unsaturated/α-hetero) is 1. The Morgan fingerprint density at radius 2 is 1.74 bits per heavy atom. The highest BCUT2D eigenvalue weighted by Gasteiger charge is 2.31. The first-order chi connectivity index (χ1) is 14.9. The number of nitrogens with zero attached hydrogens (tertiary/aromatic N) is 1. The molecule has 2 aromatic carbocycles. The molecule has 31 heavy (non-hydrogen) atoms. The minimum absolute atomic E-state index is 0.0646. The molecule has 1 aliphatic rings. The molecule has 1 atom stereocenters. The fraction of sp³-hybridized carbons (Fsp3) is 0.227. The molecule has 0 aliphatic carbocycles. The monoisotopic (exact) mass is 439 g/mol. The summed E-state index contributed by atoms with van der Waals surface area (Å²) in [6.45, 7) is 1.46. The number of hydrogen-bond acceptors (Lipinski definition) is 6. The van der Waals surface area contributed by atoms with E-state index >= 15 is 0 Å². The number of rotatable bonds is 8. The van der Waals surface area contributed by atoms with Crippen molar-refractivity contribution in [1.82, 2.24) is 0 Å². The van der Waals surface area contributed by atoms with E-state index in [4.69, 9.17) is 4.74 Å². The van der Waals surface area contributed by atoms with Gasteiger partial charge in [-0.3, -0.25) is 19.2 Å². The van der Waals surface area contributed by atoms with Crippen molar-refractivity contribution < 1.29 is 23.9 Å². The number of thioether (sulfide) groups is 1. The van der Waals surface area contributed by atoms with Crippen molar-refractivity contribution in [1.29, 1.82) is 0 Å². The van der Waals surface area contributed by atoms with Crippen LogP contribution in [0.3, 0.4) is 0 Å². The summed E-state index contributed by atoms with van der Waals surface area (Å²) >= 11 is 1.12. The van der Waals surface area contributed by atoms with E-state index < -0.39 is 11.2 Å². The molecule has 0 aromatic heterocycles. The van der Waals surface area contributed by atoms with E-state index in [2.05, 4.69) is 15.6 Å². The lowest BCUT2D eigenvalue weighted by atomic mass is 10.1. The van der Waals surface area contributed by atoms with Crippen LogP contribution in [0.4, 0.5) is 11.4 Å². The quantitative estimate of drug-likeness (QED) is 0.610. The van der Waals surface area contributed by atoms with Crippen LogP contribution in [-0.4, -0.2) is 40.9 Å². The number of ketones is 1. The summed E-state index contributed by atoms with van der Waals surface area (Å²) in [6, 6.07) is 13.5. The second-order valence-corrected chi connectivity index (χ2v) is 8.04. The third-order valence-corrected chi connectivity index (χ3v) is 5.59. The molecule has 0 saturated carbocycles. The molecule has 8 nitrogen and oxygen atoms in total. The first-order valence-corrected chi connectivity index (χ1v) is 10.4.